The lowest BCUT2D eigenvalue weighted by Crippen LogP contribution is -2.61. The number of rotatable bonds is 14. The fourth-order valence-corrected chi connectivity index (χ4v) is 4.88. The van der Waals surface area contributed by atoms with Crippen LogP contribution < -0.4 is 5.32 Å². The van der Waals surface area contributed by atoms with Gasteiger partial charge in [0.1, 0.15) is 54.4 Å². The number of aliphatic carboxylic acids is 1. The normalized spacial score (nSPS) is 30.8. The second kappa shape index (κ2) is 17.6. The highest BCUT2D eigenvalue weighted by Gasteiger charge is 2.46. The molecule has 18 nitrogen and oxygen atoms in total. The van der Waals surface area contributed by atoms with Crippen molar-refractivity contribution in [2.75, 3.05) is 32.8 Å². The molecule has 0 bridgehead atoms. The van der Waals surface area contributed by atoms with Crippen molar-refractivity contribution in [2.45, 2.75) is 101 Å². The molecule has 10 atom stereocenters. The van der Waals surface area contributed by atoms with E-state index in [1.165, 1.54) is 24.3 Å². The van der Waals surface area contributed by atoms with Crippen molar-refractivity contribution >= 4 is 18.0 Å². The predicted octanol–water partition coefficient (Wildman–Crippen LogP) is -2.73. The van der Waals surface area contributed by atoms with Crippen LogP contribution in [-0.2, 0) is 35.1 Å². The van der Waals surface area contributed by atoms with Gasteiger partial charge in [0.05, 0.1) is 26.2 Å². The average Bonchev–Trinajstić information content (AvgIpc) is 3.03. The number of nitrogens with zero attached hydrogens (tertiary/aromatic N) is 1. The molecular formula is C30H46N2O16. The molecule has 1 aromatic rings. The monoisotopic (exact) mass is 690 g/mol. The molecule has 2 aliphatic heterocycles. The van der Waals surface area contributed by atoms with Crippen LogP contribution in [0.4, 0.5) is 4.79 Å². The minimum atomic E-state index is -1.74. The van der Waals surface area contributed by atoms with E-state index in [-0.39, 0.29) is 31.9 Å². The van der Waals surface area contributed by atoms with E-state index in [2.05, 4.69) is 5.32 Å². The lowest BCUT2D eigenvalue weighted by Gasteiger charge is -2.42. The van der Waals surface area contributed by atoms with Crippen molar-refractivity contribution in [1.29, 1.82) is 0 Å². The number of aliphatic hydroxyl groups is 7. The summed E-state index contributed by atoms with van der Waals surface area (Å²) in [5.41, 5.74) is -0.104. The Bertz CT molecular complexity index is 1190. The Morgan fingerprint density at radius 1 is 0.833 bits per heavy atom. The summed E-state index contributed by atoms with van der Waals surface area (Å²) in [5, 5.41) is 82.6. The first-order chi connectivity index (χ1) is 22.5. The molecule has 2 heterocycles. The molecule has 9 N–H and O–H groups in total. The maximum atomic E-state index is 13.5. The van der Waals surface area contributed by atoms with Gasteiger partial charge >= 0.3 is 12.1 Å². The van der Waals surface area contributed by atoms with Crippen LogP contribution in [0, 0.1) is 0 Å². The molecule has 0 saturated carbocycles. The Labute approximate surface area is 276 Å². The van der Waals surface area contributed by atoms with E-state index in [1.807, 2.05) is 0 Å². The molecule has 3 rings (SSSR count). The Hall–Kier alpha value is -3.01. The molecule has 18 heteroatoms. The van der Waals surface area contributed by atoms with Gasteiger partial charge in [0, 0.05) is 25.2 Å². The topological polar surface area (TPSA) is 274 Å². The van der Waals surface area contributed by atoms with Crippen LogP contribution in [0.15, 0.2) is 24.3 Å². The second-order valence-electron chi connectivity index (χ2n) is 12.4. The van der Waals surface area contributed by atoms with Gasteiger partial charge in [0.25, 0.3) is 5.91 Å². The smallest absolute Gasteiger partial charge is 0.407 e. The van der Waals surface area contributed by atoms with Crippen molar-refractivity contribution in [1.82, 2.24) is 10.2 Å². The molecule has 48 heavy (non-hydrogen) atoms. The van der Waals surface area contributed by atoms with Gasteiger partial charge in [-0.05, 0) is 38.5 Å². The molecule has 0 unspecified atom stereocenters. The number of carbonyl (C=O) groups excluding carboxylic acids is 2. The summed E-state index contributed by atoms with van der Waals surface area (Å²) in [7, 11) is 0. The molecule has 2 amide bonds. The van der Waals surface area contributed by atoms with E-state index in [9.17, 15) is 55.2 Å². The van der Waals surface area contributed by atoms with E-state index < -0.39 is 105 Å². The van der Waals surface area contributed by atoms with Gasteiger partial charge in [-0.2, -0.15) is 0 Å². The first-order valence-corrected chi connectivity index (χ1v) is 15.3. The summed E-state index contributed by atoms with van der Waals surface area (Å²) in [6.07, 6.45) is -16.3. The Morgan fingerprint density at radius 2 is 1.40 bits per heavy atom. The van der Waals surface area contributed by atoms with Crippen molar-refractivity contribution in [3.63, 3.8) is 0 Å². The summed E-state index contributed by atoms with van der Waals surface area (Å²) in [4.78, 5) is 37.8. The predicted molar refractivity (Wildman–Crippen MR) is 160 cm³/mol. The van der Waals surface area contributed by atoms with E-state index in [0.29, 0.717) is 5.56 Å². The summed E-state index contributed by atoms with van der Waals surface area (Å²) in [5.74, 6) is -1.85. The minimum Gasteiger partial charge on any atom is -0.481 e. The Kier molecular flexibility index (Phi) is 14.4. The van der Waals surface area contributed by atoms with E-state index in [4.69, 9.17) is 23.7 Å². The van der Waals surface area contributed by atoms with Gasteiger partial charge in [0.15, 0.2) is 12.6 Å². The summed E-state index contributed by atoms with van der Waals surface area (Å²) >= 11 is 0. The first kappa shape index (κ1) is 39.4. The molecule has 0 aliphatic carbocycles. The number of benzene rings is 1. The van der Waals surface area contributed by atoms with Gasteiger partial charge in [-0.3, -0.25) is 9.59 Å². The highest BCUT2D eigenvalue weighted by molar-refractivity contribution is 5.94. The van der Waals surface area contributed by atoms with Crippen molar-refractivity contribution < 1.29 is 78.9 Å². The molecule has 2 saturated heterocycles. The lowest BCUT2D eigenvalue weighted by molar-refractivity contribution is -0.304. The number of carbonyl (C=O) groups is 3. The lowest BCUT2D eigenvalue weighted by atomic mass is 9.98. The number of nitrogens with one attached hydrogen (secondary N) is 1. The van der Waals surface area contributed by atoms with Crippen LogP contribution in [0.2, 0.25) is 0 Å². The minimum absolute atomic E-state index is 0.0441. The van der Waals surface area contributed by atoms with Crippen LogP contribution in [0.1, 0.15) is 43.1 Å². The maximum Gasteiger partial charge on any atom is 0.407 e. The third kappa shape index (κ3) is 11.0. The number of hydrogen-bond donors (Lipinski definition) is 9. The van der Waals surface area contributed by atoms with Crippen molar-refractivity contribution in [3.8, 4) is 0 Å². The van der Waals surface area contributed by atoms with Crippen LogP contribution in [-0.4, -0.2) is 164 Å². The number of carboxylic acid groups (broad SMARTS) is 1. The van der Waals surface area contributed by atoms with Gasteiger partial charge in [0.2, 0.25) is 0 Å². The molecule has 272 valence electrons. The van der Waals surface area contributed by atoms with E-state index >= 15 is 0 Å². The Morgan fingerprint density at radius 3 is 1.96 bits per heavy atom. The summed E-state index contributed by atoms with van der Waals surface area (Å²) in [6, 6.07) is 5.85. The first-order valence-electron chi connectivity index (χ1n) is 15.3. The van der Waals surface area contributed by atoms with Gasteiger partial charge in [-0.15, -0.1) is 0 Å². The number of carboxylic acids is 1. The van der Waals surface area contributed by atoms with E-state index in [1.54, 1.807) is 20.8 Å². The van der Waals surface area contributed by atoms with Crippen LogP contribution in [0.25, 0.3) is 0 Å². The third-order valence-corrected chi connectivity index (χ3v) is 7.47. The average molecular weight is 691 g/mol. The number of ether oxygens (including phenoxy) is 5. The largest absolute Gasteiger partial charge is 0.481 e. The van der Waals surface area contributed by atoms with E-state index in [0.717, 1.165) is 4.90 Å². The van der Waals surface area contributed by atoms with Gasteiger partial charge in [-0.25, -0.2) is 4.79 Å². The SMILES string of the molecule is CC(C)(C)OC(=O)NCCO[C@@H]1O[C@H](CN(CCC(=O)O)C(=O)c2ccc(CO[C@H]3O[C@H](CO)[C@@H](O)[C@H](O)[C@@H]3O)cc2)[C@H](O)[C@H](O)[C@H]1O. The third-order valence-electron chi connectivity index (χ3n) is 7.47. The van der Waals surface area contributed by atoms with Crippen molar-refractivity contribution in [3.05, 3.63) is 35.4 Å². The molecule has 0 aromatic heterocycles. The van der Waals surface area contributed by atoms with Gasteiger partial charge in [-0.1, -0.05) is 12.1 Å². The number of amides is 2. The highest BCUT2D eigenvalue weighted by Crippen LogP contribution is 2.25. The fraction of sp³-hybridized carbons (Fsp3) is 0.700. The second-order valence-corrected chi connectivity index (χ2v) is 12.4. The highest BCUT2D eigenvalue weighted by atomic mass is 16.7. The number of alkyl carbamates (subject to hydrolysis) is 1. The zero-order valence-corrected chi connectivity index (χ0v) is 26.8. The quantitative estimate of drug-likeness (QED) is 0.0896. The zero-order valence-electron chi connectivity index (χ0n) is 26.8. The molecule has 0 spiro atoms. The van der Waals surface area contributed by atoms with Crippen LogP contribution in [0.5, 0.6) is 0 Å². The van der Waals surface area contributed by atoms with Crippen LogP contribution in [0.3, 0.4) is 0 Å². The molecule has 1 aromatic carbocycles. The Balaban J connectivity index is 1.63. The number of aliphatic hydroxyl groups excluding tert-OH is 7. The molecule has 2 aliphatic rings. The molecule has 2 fully saturated rings. The summed E-state index contributed by atoms with van der Waals surface area (Å²) in [6.45, 7) is 3.38. The van der Waals surface area contributed by atoms with Gasteiger partial charge < -0.3 is 74.8 Å². The molecular weight excluding hydrogens is 644 g/mol. The summed E-state index contributed by atoms with van der Waals surface area (Å²) < 4.78 is 27.1. The maximum absolute atomic E-state index is 13.5. The fourth-order valence-electron chi connectivity index (χ4n) is 4.88. The standard InChI is InChI=1S/C30H46N2O16/c1-30(2,3)48-29(43)31-9-11-44-27-24(40)22(38)20(36)17(46-27)12-32(10-8-19(34)35)26(42)16-6-4-15(5-7-16)14-45-28-25(41)23(39)21(37)18(13-33)47-28/h4-7,17-18,20-25,27-28,33,36-41H,8-14H2,1-3H3,(H,31,43)(H,34,35)/t17-,18-,20+,21-,22+,23+,24-,25+,27-,28+/m1/s1. The number of hydrogen-bond acceptors (Lipinski definition) is 15. The molecule has 0 radical (unpaired) electrons. The van der Waals surface area contributed by atoms with Crippen molar-refractivity contribution in [2.24, 2.45) is 0 Å². The zero-order chi connectivity index (χ0) is 35.8. The van der Waals surface area contributed by atoms with Crippen LogP contribution >= 0.6 is 0 Å².